The third kappa shape index (κ3) is 3.31. The Balaban J connectivity index is 2.00. The van der Waals surface area contributed by atoms with Gasteiger partial charge in [-0.15, -0.1) is 10.2 Å². The Kier molecular flexibility index (Phi) is 4.12. The van der Waals surface area contributed by atoms with Crippen LogP contribution in [0.15, 0.2) is 30.6 Å². The van der Waals surface area contributed by atoms with Crippen molar-refractivity contribution >= 4 is 11.8 Å². The number of aromatic nitrogens is 3. The summed E-state index contributed by atoms with van der Waals surface area (Å²) >= 11 is 0. The first-order valence-corrected chi connectivity index (χ1v) is 5.95. The van der Waals surface area contributed by atoms with Gasteiger partial charge in [0.25, 0.3) is 0 Å². The zero-order valence-electron chi connectivity index (χ0n) is 11.0. The Bertz CT molecular complexity index is 522. The lowest BCUT2D eigenvalue weighted by molar-refractivity contribution is -0.140. The number of carbonyl (C=O) groups is 1. The van der Waals surface area contributed by atoms with Crippen LogP contribution in [0.3, 0.4) is 0 Å². The first kappa shape index (κ1) is 13.1. The summed E-state index contributed by atoms with van der Waals surface area (Å²) in [5, 5.41) is 8.31. The van der Waals surface area contributed by atoms with Crippen molar-refractivity contribution in [3.63, 3.8) is 0 Å². The van der Waals surface area contributed by atoms with E-state index in [-0.39, 0.29) is 5.97 Å². The van der Waals surface area contributed by atoms with Crippen LogP contribution >= 0.6 is 0 Å². The van der Waals surface area contributed by atoms with E-state index in [0.717, 1.165) is 17.1 Å². The Hall–Kier alpha value is -2.37. The van der Waals surface area contributed by atoms with E-state index in [2.05, 4.69) is 19.9 Å². The summed E-state index contributed by atoms with van der Waals surface area (Å²) in [4.78, 5) is 15.9. The molecule has 0 unspecified atom stereocenters. The molecule has 2 rings (SSSR count). The van der Waals surface area contributed by atoms with Gasteiger partial charge in [0, 0.05) is 31.5 Å². The number of esters is 1. The molecular formula is C13H16N4O2. The lowest BCUT2D eigenvalue weighted by atomic mass is 10.2. The fourth-order valence-corrected chi connectivity index (χ4v) is 1.64. The lowest BCUT2D eigenvalue weighted by Gasteiger charge is -2.16. The Labute approximate surface area is 111 Å². The zero-order chi connectivity index (χ0) is 13.7. The van der Waals surface area contributed by atoms with Crippen LogP contribution in [-0.4, -0.2) is 41.9 Å². The standard InChI is InChI=1S/C13H16N4O2/c1-17(8-6-13(18)19-2)12-4-3-11(15-16-12)10-5-7-14-9-10/h3-5,7,9,14H,6,8H2,1-2H3. The van der Waals surface area contributed by atoms with Gasteiger partial charge < -0.3 is 14.6 Å². The molecule has 100 valence electrons. The molecule has 0 aliphatic rings. The van der Waals surface area contributed by atoms with Gasteiger partial charge in [0.15, 0.2) is 5.82 Å². The third-order valence-electron chi connectivity index (χ3n) is 2.81. The number of rotatable bonds is 5. The first-order chi connectivity index (χ1) is 9.20. The quantitative estimate of drug-likeness (QED) is 0.824. The van der Waals surface area contributed by atoms with Crippen molar-refractivity contribution in [1.29, 1.82) is 0 Å². The van der Waals surface area contributed by atoms with Crippen molar-refractivity contribution in [2.24, 2.45) is 0 Å². The summed E-state index contributed by atoms with van der Waals surface area (Å²) in [6, 6.07) is 5.72. The molecule has 0 atom stereocenters. The van der Waals surface area contributed by atoms with Crippen molar-refractivity contribution in [2.75, 3.05) is 25.6 Å². The molecule has 0 aromatic carbocycles. The van der Waals surface area contributed by atoms with E-state index in [9.17, 15) is 4.79 Å². The molecule has 19 heavy (non-hydrogen) atoms. The smallest absolute Gasteiger partial charge is 0.307 e. The molecule has 1 N–H and O–H groups in total. The van der Waals surface area contributed by atoms with Crippen molar-refractivity contribution in [3.05, 3.63) is 30.6 Å². The van der Waals surface area contributed by atoms with Crippen molar-refractivity contribution in [1.82, 2.24) is 15.2 Å². The van der Waals surface area contributed by atoms with Gasteiger partial charge >= 0.3 is 5.97 Å². The van der Waals surface area contributed by atoms with E-state index in [1.165, 1.54) is 7.11 Å². The van der Waals surface area contributed by atoms with E-state index in [4.69, 9.17) is 0 Å². The van der Waals surface area contributed by atoms with Crippen LogP contribution in [0.4, 0.5) is 5.82 Å². The maximum Gasteiger partial charge on any atom is 0.307 e. The number of H-pyrrole nitrogens is 1. The number of methoxy groups -OCH3 is 1. The summed E-state index contributed by atoms with van der Waals surface area (Å²) in [6.45, 7) is 0.546. The molecule has 2 aromatic rings. The topological polar surface area (TPSA) is 71.1 Å². The van der Waals surface area contributed by atoms with Crippen LogP contribution in [0.5, 0.6) is 0 Å². The minimum atomic E-state index is -0.233. The highest BCUT2D eigenvalue weighted by Gasteiger charge is 2.07. The second-order valence-corrected chi connectivity index (χ2v) is 4.12. The van der Waals surface area contributed by atoms with Crippen LogP contribution in [0, 0.1) is 0 Å². The fraction of sp³-hybridized carbons (Fsp3) is 0.308. The first-order valence-electron chi connectivity index (χ1n) is 5.95. The molecule has 6 nitrogen and oxygen atoms in total. The van der Waals surface area contributed by atoms with Gasteiger partial charge in [-0.25, -0.2) is 0 Å². The van der Waals surface area contributed by atoms with Gasteiger partial charge in [-0.1, -0.05) is 0 Å². The molecule has 0 fully saturated rings. The Morgan fingerprint density at radius 3 is 2.79 bits per heavy atom. The van der Waals surface area contributed by atoms with E-state index < -0.39 is 0 Å². The normalized spacial score (nSPS) is 10.2. The van der Waals surface area contributed by atoms with Gasteiger partial charge in [-0.2, -0.15) is 0 Å². The predicted molar refractivity (Wildman–Crippen MR) is 71.7 cm³/mol. The van der Waals surface area contributed by atoms with E-state index in [0.29, 0.717) is 13.0 Å². The number of ether oxygens (including phenoxy) is 1. The molecule has 0 amide bonds. The SMILES string of the molecule is COC(=O)CCN(C)c1ccc(-c2cc[nH]c2)nn1. The molecule has 0 saturated heterocycles. The predicted octanol–water partition coefficient (Wildman–Crippen LogP) is 1.47. The Morgan fingerprint density at radius 1 is 1.37 bits per heavy atom. The molecule has 2 heterocycles. The second-order valence-electron chi connectivity index (χ2n) is 4.12. The number of anilines is 1. The van der Waals surface area contributed by atoms with Crippen molar-refractivity contribution < 1.29 is 9.53 Å². The van der Waals surface area contributed by atoms with Gasteiger partial charge in [-0.05, 0) is 18.2 Å². The summed E-state index contributed by atoms with van der Waals surface area (Å²) in [7, 11) is 3.25. The number of carbonyl (C=O) groups excluding carboxylic acids is 1. The van der Waals surface area contributed by atoms with Crippen molar-refractivity contribution in [3.8, 4) is 11.3 Å². The number of aromatic amines is 1. The molecule has 0 aliphatic heterocycles. The van der Waals surface area contributed by atoms with Crippen LogP contribution < -0.4 is 4.90 Å². The second kappa shape index (κ2) is 5.99. The maximum atomic E-state index is 11.1. The molecule has 0 saturated carbocycles. The average molecular weight is 260 g/mol. The van der Waals surface area contributed by atoms with E-state index in [1.54, 1.807) is 0 Å². The molecule has 6 heteroatoms. The van der Waals surface area contributed by atoms with Gasteiger partial charge in [0.1, 0.15) is 0 Å². The average Bonchev–Trinajstić information content (AvgIpc) is 2.98. The summed E-state index contributed by atoms with van der Waals surface area (Å²) in [6.07, 6.45) is 4.03. The molecule has 0 bridgehead atoms. The highest BCUT2D eigenvalue weighted by molar-refractivity contribution is 5.69. The molecule has 0 spiro atoms. The molecular weight excluding hydrogens is 244 g/mol. The van der Waals surface area contributed by atoms with Crippen LogP contribution in [0.1, 0.15) is 6.42 Å². The summed E-state index contributed by atoms with van der Waals surface area (Å²) in [5.74, 6) is 0.493. The molecule has 0 radical (unpaired) electrons. The fourth-order valence-electron chi connectivity index (χ4n) is 1.64. The minimum Gasteiger partial charge on any atom is -0.469 e. The molecule has 2 aromatic heterocycles. The van der Waals surface area contributed by atoms with Crippen LogP contribution in [0.2, 0.25) is 0 Å². The largest absolute Gasteiger partial charge is 0.469 e. The van der Waals surface area contributed by atoms with Crippen LogP contribution in [0.25, 0.3) is 11.3 Å². The van der Waals surface area contributed by atoms with Gasteiger partial charge in [0.2, 0.25) is 0 Å². The minimum absolute atomic E-state index is 0.233. The number of hydrogen-bond acceptors (Lipinski definition) is 5. The van der Waals surface area contributed by atoms with Gasteiger partial charge in [0.05, 0.1) is 19.2 Å². The molecule has 0 aliphatic carbocycles. The third-order valence-corrected chi connectivity index (χ3v) is 2.81. The Morgan fingerprint density at radius 2 is 2.21 bits per heavy atom. The zero-order valence-corrected chi connectivity index (χ0v) is 11.0. The van der Waals surface area contributed by atoms with Crippen LogP contribution in [-0.2, 0) is 9.53 Å². The van der Waals surface area contributed by atoms with E-state index in [1.807, 2.05) is 42.5 Å². The number of nitrogens with zero attached hydrogens (tertiary/aromatic N) is 3. The number of nitrogens with one attached hydrogen (secondary N) is 1. The lowest BCUT2D eigenvalue weighted by Crippen LogP contribution is -2.22. The summed E-state index contributed by atoms with van der Waals surface area (Å²) < 4.78 is 4.60. The summed E-state index contributed by atoms with van der Waals surface area (Å²) in [5.41, 5.74) is 1.81. The maximum absolute atomic E-state index is 11.1. The monoisotopic (exact) mass is 260 g/mol. The highest BCUT2D eigenvalue weighted by Crippen LogP contribution is 2.17. The van der Waals surface area contributed by atoms with Crippen molar-refractivity contribution in [2.45, 2.75) is 6.42 Å². The van der Waals surface area contributed by atoms with E-state index >= 15 is 0 Å². The highest BCUT2D eigenvalue weighted by atomic mass is 16.5. The van der Waals surface area contributed by atoms with Gasteiger partial charge in [-0.3, -0.25) is 4.79 Å². The number of hydrogen-bond donors (Lipinski definition) is 1.